The van der Waals surface area contributed by atoms with Crippen molar-refractivity contribution in [2.75, 3.05) is 11.9 Å². The third-order valence-electron chi connectivity index (χ3n) is 2.95. The van der Waals surface area contributed by atoms with Crippen LogP contribution in [0.5, 0.6) is 0 Å². The van der Waals surface area contributed by atoms with Crippen LogP contribution in [-0.2, 0) is 11.3 Å². The molecule has 22 heavy (non-hydrogen) atoms. The second-order valence-corrected chi connectivity index (χ2v) is 5.45. The van der Waals surface area contributed by atoms with Crippen molar-refractivity contribution < 1.29 is 4.74 Å². The number of benzene rings is 1. The summed E-state index contributed by atoms with van der Waals surface area (Å²) in [5.41, 5.74) is 1.96. The van der Waals surface area contributed by atoms with E-state index in [-0.39, 0.29) is 10.6 Å². The number of aromatic nitrogens is 3. The Morgan fingerprint density at radius 1 is 1.00 bits per heavy atom. The van der Waals surface area contributed by atoms with Crippen LogP contribution < -0.4 is 5.32 Å². The number of hydrogen-bond donors (Lipinski definition) is 1. The van der Waals surface area contributed by atoms with Crippen molar-refractivity contribution in [3.05, 3.63) is 40.4 Å². The number of rotatable bonds is 8. The Balaban J connectivity index is 1.86. The van der Waals surface area contributed by atoms with Gasteiger partial charge in [-0.1, -0.05) is 31.9 Å². The van der Waals surface area contributed by atoms with Gasteiger partial charge in [-0.2, -0.15) is 15.0 Å². The fourth-order valence-electron chi connectivity index (χ4n) is 1.84. The summed E-state index contributed by atoms with van der Waals surface area (Å²) in [7, 11) is 0. The number of nitrogens with zero attached hydrogens (tertiary/aromatic N) is 3. The molecule has 2 rings (SSSR count). The summed E-state index contributed by atoms with van der Waals surface area (Å²) in [4.78, 5) is 11.6. The molecule has 0 saturated carbocycles. The summed E-state index contributed by atoms with van der Waals surface area (Å²) in [5, 5.41) is 3.14. The molecule has 0 unspecified atom stereocenters. The molecule has 7 heteroatoms. The molecule has 5 nitrogen and oxygen atoms in total. The van der Waals surface area contributed by atoms with Crippen LogP contribution in [0.15, 0.2) is 24.3 Å². The zero-order chi connectivity index (χ0) is 15.8. The smallest absolute Gasteiger partial charge is 0.232 e. The lowest BCUT2D eigenvalue weighted by Gasteiger charge is -2.07. The quantitative estimate of drug-likeness (QED) is 0.710. The molecule has 0 aliphatic rings. The van der Waals surface area contributed by atoms with Crippen molar-refractivity contribution in [3.63, 3.8) is 0 Å². The van der Waals surface area contributed by atoms with Crippen LogP contribution in [0.3, 0.4) is 0 Å². The maximum absolute atomic E-state index is 5.73. The van der Waals surface area contributed by atoms with Crippen LogP contribution in [0.4, 0.5) is 11.6 Å². The van der Waals surface area contributed by atoms with Gasteiger partial charge in [0, 0.05) is 12.3 Å². The Kier molecular flexibility index (Phi) is 6.83. The Hall–Kier alpha value is -1.43. The van der Waals surface area contributed by atoms with E-state index in [4.69, 9.17) is 27.9 Å². The van der Waals surface area contributed by atoms with Gasteiger partial charge in [0.15, 0.2) is 0 Å². The van der Waals surface area contributed by atoms with Crippen molar-refractivity contribution in [3.8, 4) is 0 Å². The zero-order valence-electron chi connectivity index (χ0n) is 12.4. The fraction of sp³-hybridized carbons (Fsp3) is 0.400. The molecule has 1 heterocycles. The van der Waals surface area contributed by atoms with Gasteiger partial charge in [-0.3, -0.25) is 0 Å². The first-order valence-electron chi connectivity index (χ1n) is 7.18. The van der Waals surface area contributed by atoms with Crippen LogP contribution in [0.25, 0.3) is 0 Å². The Labute approximate surface area is 140 Å². The lowest BCUT2D eigenvalue weighted by molar-refractivity contribution is 0.117. The van der Waals surface area contributed by atoms with E-state index in [2.05, 4.69) is 27.2 Å². The predicted octanol–water partition coefficient (Wildman–Crippen LogP) is 4.63. The maximum Gasteiger partial charge on any atom is 0.232 e. The SMILES string of the molecule is CCCCCOCc1ccc(Nc2nc(Cl)nc(Cl)n2)cc1. The lowest BCUT2D eigenvalue weighted by atomic mass is 10.2. The Bertz CT molecular complexity index is 572. The van der Waals surface area contributed by atoms with E-state index < -0.39 is 0 Å². The second kappa shape index (κ2) is 8.88. The molecule has 1 N–H and O–H groups in total. The van der Waals surface area contributed by atoms with Gasteiger partial charge in [0.2, 0.25) is 16.5 Å². The summed E-state index contributed by atoms with van der Waals surface area (Å²) in [5.74, 6) is 0.313. The monoisotopic (exact) mass is 340 g/mol. The van der Waals surface area contributed by atoms with Crippen molar-refractivity contribution in [1.82, 2.24) is 15.0 Å². The van der Waals surface area contributed by atoms with Crippen LogP contribution in [-0.4, -0.2) is 21.6 Å². The third kappa shape index (κ3) is 5.75. The molecule has 0 amide bonds. The molecule has 2 aromatic rings. The lowest BCUT2D eigenvalue weighted by Crippen LogP contribution is -2.00. The summed E-state index contributed by atoms with van der Waals surface area (Å²) in [6.07, 6.45) is 3.52. The minimum absolute atomic E-state index is 0.0552. The molecule has 0 aliphatic carbocycles. The van der Waals surface area contributed by atoms with E-state index in [0.29, 0.717) is 12.6 Å². The van der Waals surface area contributed by atoms with Crippen LogP contribution in [0.1, 0.15) is 31.7 Å². The molecule has 1 aromatic carbocycles. The number of halogens is 2. The van der Waals surface area contributed by atoms with Gasteiger partial charge in [0.05, 0.1) is 6.61 Å². The number of nitrogens with one attached hydrogen (secondary N) is 1. The van der Waals surface area contributed by atoms with Gasteiger partial charge in [0.1, 0.15) is 0 Å². The Morgan fingerprint density at radius 2 is 1.68 bits per heavy atom. The van der Waals surface area contributed by atoms with E-state index in [1.54, 1.807) is 0 Å². The van der Waals surface area contributed by atoms with Crippen LogP contribution in [0, 0.1) is 0 Å². The van der Waals surface area contributed by atoms with Crippen molar-refractivity contribution in [1.29, 1.82) is 0 Å². The molecule has 0 aliphatic heterocycles. The summed E-state index contributed by atoms with van der Waals surface area (Å²) >= 11 is 11.5. The van der Waals surface area contributed by atoms with Gasteiger partial charge in [-0.05, 0) is 47.3 Å². The molecule has 0 radical (unpaired) electrons. The van der Waals surface area contributed by atoms with E-state index in [1.807, 2.05) is 24.3 Å². The third-order valence-corrected chi connectivity index (χ3v) is 3.29. The number of hydrogen-bond acceptors (Lipinski definition) is 5. The topological polar surface area (TPSA) is 59.9 Å². The fourth-order valence-corrected chi connectivity index (χ4v) is 2.20. The van der Waals surface area contributed by atoms with E-state index in [1.165, 1.54) is 12.8 Å². The molecule has 0 fully saturated rings. The van der Waals surface area contributed by atoms with E-state index in [9.17, 15) is 0 Å². The molecule has 0 bridgehead atoms. The molecular weight excluding hydrogens is 323 g/mol. The number of anilines is 2. The molecular formula is C15H18Cl2N4O. The highest BCUT2D eigenvalue weighted by atomic mass is 35.5. The average molecular weight is 341 g/mol. The first-order chi connectivity index (χ1) is 10.7. The highest BCUT2D eigenvalue weighted by Crippen LogP contribution is 2.17. The van der Waals surface area contributed by atoms with Gasteiger partial charge < -0.3 is 10.1 Å². The standard InChI is InChI=1S/C15H18Cl2N4O/c1-2-3-4-9-22-10-11-5-7-12(8-6-11)18-15-20-13(16)19-14(17)21-15/h5-8H,2-4,9-10H2,1H3,(H,18,19,20,21). The van der Waals surface area contributed by atoms with Crippen LogP contribution in [0.2, 0.25) is 10.6 Å². The minimum Gasteiger partial charge on any atom is -0.377 e. The van der Waals surface area contributed by atoms with Crippen molar-refractivity contribution >= 4 is 34.8 Å². The zero-order valence-corrected chi connectivity index (χ0v) is 13.9. The van der Waals surface area contributed by atoms with Gasteiger partial charge in [-0.25, -0.2) is 0 Å². The molecule has 0 saturated heterocycles. The summed E-state index contributed by atoms with van der Waals surface area (Å²) in [6, 6.07) is 7.84. The van der Waals surface area contributed by atoms with Gasteiger partial charge in [-0.15, -0.1) is 0 Å². The van der Waals surface area contributed by atoms with E-state index in [0.717, 1.165) is 24.3 Å². The summed E-state index contributed by atoms with van der Waals surface area (Å²) in [6.45, 7) is 3.60. The van der Waals surface area contributed by atoms with Gasteiger partial charge >= 0.3 is 0 Å². The highest BCUT2D eigenvalue weighted by Gasteiger charge is 2.03. The van der Waals surface area contributed by atoms with E-state index >= 15 is 0 Å². The Morgan fingerprint density at radius 3 is 2.32 bits per heavy atom. The van der Waals surface area contributed by atoms with Crippen molar-refractivity contribution in [2.45, 2.75) is 32.8 Å². The number of ether oxygens (including phenoxy) is 1. The average Bonchev–Trinajstić information content (AvgIpc) is 2.48. The molecule has 1 aromatic heterocycles. The van der Waals surface area contributed by atoms with Crippen LogP contribution >= 0.6 is 23.2 Å². The largest absolute Gasteiger partial charge is 0.377 e. The predicted molar refractivity (Wildman–Crippen MR) is 88.8 cm³/mol. The maximum atomic E-state index is 5.73. The highest BCUT2D eigenvalue weighted by molar-refractivity contribution is 6.31. The summed E-state index contributed by atoms with van der Waals surface area (Å²) < 4.78 is 5.62. The first kappa shape index (κ1) is 16.9. The minimum atomic E-state index is 0.0552. The molecule has 118 valence electrons. The van der Waals surface area contributed by atoms with Gasteiger partial charge in [0.25, 0.3) is 0 Å². The molecule has 0 atom stereocenters. The molecule has 0 spiro atoms. The number of unbranched alkanes of at least 4 members (excludes halogenated alkanes) is 2. The first-order valence-corrected chi connectivity index (χ1v) is 7.93. The normalized spacial score (nSPS) is 10.7. The van der Waals surface area contributed by atoms with Crippen molar-refractivity contribution in [2.24, 2.45) is 0 Å². The second-order valence-electron chi connectivity index (χ2n) is 4.78.